The number of hydrogen-bond donors (Lipinski definition) is 0. The molecule has 0 radical (unpaired) electrons. The van der Waals surface area contributed by atoms with Gasteiger partial charge in [0.25, 0.3) is 0 Å². The van der Waals surface area contributed by atoms with Crippen LogP contribution in [0.15, 0.2) is 102 Å². The Kier molecular flexibility index (Phi) is 11.0. The van der Waals surface area contributed by atoms with Crippen molar-refractivity contribution in [3.63, 3.8) is 0 Å². The molecule has 0 aliphatic rings. The second-order valence-electron chi connectivity index (χ2n) is 10.6. The molecule has 0 amide bonds. The van der Waals surface area contributed by atoms with E-state index >= 15 is 0 Å². The molecular formula is C34H33F4NO5S. The number of sulfone groups is 1. The molecule has 0 aromatic heterocycles. The largest absolute Gasteiger partial charge is 0.493 e. The van der Waals surface area contributed by atoms with Gasteiger partial charge in [0.1, 0.15) is 17.1 Å². The van der Waals surface area contributed by atoms with Crippen LogP contribution in [0.4, 0.5) is 17.6 Å². The molecule has 0 saturated carbocycles. The molecule has 4 aromatic carbocycles. The molecule has 0 aliphatic heterocycles. The van der Waals surface area contributed by atoms with Crippen LogP contribution in [0.25, 0.3) is 0 Å². The van der Waals surface area contributed by atoms with Crippen molar-refractivity contribution in [1.29, 1.82) is 0 Å². The summed E-state index contributed by atoms with van der Waals surface area (Å²) < 4.78 is 90.0. The molecule has 0 saturated heterocycles. The normalized spacial score (nSPS) is 12.0. The maximum absolute atomic E-state index is 14.8. The van der Waals surface area contributed by atoms with Gasteiger partial charge in [-0.15, -0.1) is 0 Å². The van der Waals surface area contributed by atoms with E-state index in [2.05, 4.69) is 4.74 Å². The van der Waals surface area contributed by atoms with Crippen molar-refractivity contribution in [2.45, 2.75) is 30.0 Å². The summed E-state index contributed by atoms with van der Waals surface area (Å²) >= 11 is 0. The number of ether oxygens (including phenoxy) is 2. The highest BCUT2D eigenvalue weighted by atomic mass is 32.2. The van der Waals surface area contributed by atoms with E-state index in [1.807, 2.05) is 65.6 Å². The van der Waals surface area contributed by atoms with Crippen LogP contribution in [-0.4, -0.2) is 52.3 Å². The minimum atomic E-state index is -4.48. The summed E-state index contributed by atoms with van der Waals surface area (Å²) in [6.45, 7) is 1.14. The summed E-state index contributed by atoms with van der Waals surface area (Å²) in [4.78, 5) is 13.5. The van der Waals surface area contributed by atoms with Gasteiger partial charge in [0.15, 0.2) is 9.84 Å². The van der Waals surface area contributed by atoms with Crippen LogP contribution in [0.1, 0.15) is 45.0 Å². The Labute approximate surface area is 260 Å². The van der Waals surface area contributed by atoms with Gasteiger partial charge in [0, 0.05) is 37.9 Å². The third-order valence-corrected chi connectivity index (χ3v) is 8.33. The van der Waals surface area contributed by atoms with E-state index in [4.69, 9.17) is 4.74 Å². The minimum Gasteiger partial charge on any atom is -0.493 e. The van der Waals surface area contributed by atoms with E-state index < -0.39 is 43.8 Å². The number of carbonyl (C=O) groups excluding carboxylic acids is 1. The third-order valence-electron chi connectivity index (χ3n) is 7.21. The lowest BCUT2D eigenvalue weighted by Gasteiger charge is -2.29. The quantitative estimate of drug-likeness (QED) is 0.0877. The molecule has 11 heteroatoms. The predicted octanol–water partition coefficient (Wildman–Crippen LogP) is 7.14. The molecule has 0 unspecified atom stereocenters. The lowest BCUT2D eigenvalue weighted by molar-refractivity contribution is -0.137. The van der Waals surface area contributed by atoms with Crippen LogP contribution in [0.3, 0.4) is 0 Å². The number of methoxy groups -OCH3 is 1. The molecule has 0 N–H and O–H groups in total. The summed E-state index contributed by atoms with van der Waals surface area (Å²) in [5.74, 6) is -2.40. The molecule has 0 bridgehead atoms. The van der Waals surface area contributed by atoms with Crippen LogP contribution < -0.4 is 4.74 Å². The molecule has 0 spiro atoms. The molecule has 0 heterocycles. The van der Waals surface area contributed by atoms with Crippen LogP contribution in [0.2, 0.25) is 0 Å². The van der Waals surface area contributed by atoms with Crippen LogP contribution >= 0.6 is 0 Å². The van der Waals surface area contributed by atoms with Gasteiger partial charge in [-0.25, -0.2) is 17.6 Å². The molecule has 4 rings (SSSR count). The third kappa shape index (κ3) is 9.15. The van der Waals surface area contributed by atoms with Crippen molar-refractivity contribution in [1.82, 2.24) is 4.90 Å². The number of hydrogen-bond acceptors (Lipinski definition) is 6. The van der Waals surface area contributed by atoms with Gasteiger partial charge in [-0.2, -0.15) is 13.2 Å². The molecule has 0 atom stereocenters. The van der Waals surface area contributed by atoms with Gasteiger partial charge in [0.05, 0.1) is 24.2 Å². The Morgan fingerprint density at radius 1 is 0.889 bits per heavy atom. The number of carbonyl (C=O) groups is 1. The second-order valence-corrected chi connectivity index (χ2v) is 12.5. The van der Waals surface area contributed by atoms with E-state index in [-0.39, 0.29) is 24.8 Å². The van der Waals surface area contributed by atoms with Crippen LogP contribution in [0.5, 0.6) is 5.75 Å². The standard InChI is InChI=1S/C34H33F4NO5S/c1-43-33(40)32-30(35)20-28(21-31(32)45(2,41)42)44-18-10-17-39(22-24-11-9-16-27(19-24)34(36,37)38)23-29(25-12-5-3-6-13-25)26-14-7-4-8-15-26/h3-9,11-16,19-21,29H,10,17-18,22-23H2,1-2H3. The van der Waals surface area contributed by atoms with Crippen molar-refractivity contribution >= 4 is 15.8 Å². The van der Waals surface area contributed by atoms with Crippen molar-refractivity contribution in [2.75, 3.05) is 33.1 Å². The maximum atomic E-state index is 14.8. The Balaban J connectivity index is 1.57. The van der Waals surface area contributed by atoms with Crippen molar-refractivity contribution < 1.29 is 40.2 Å². The van der Waals surface area contributed by atoms with Gasteiger partial charge < -0.3 is 9.47 Å². The average molecular weight is 644 g/mol. The first kappa shape index (κ1) is 33.7. The zero-order valence-electron chi connectivity index (χ0n) is 24.8. The maximum Gasteiger partial charge on any atom is 0.416 e. The van der Waals surface area contributed by atoms with E-state index in [1.54, 1.807) is 6.07 Å². The Bertz CT molecular complexity index is 1660. The lowest BCUT2D eigenvalue weighted by atomic mass is 9.90. The topological polar surface area (TPSA) is 72.9 Å². The number of rotatable bonds is 13. The molecule has 238 valence electrons. The Hall–Kier alpha value is -4.22. The number of alkyl halides is 3. The first-order valence-electron chi connectivity index (χ1n) is 14.1. The summed E-state index contributed by atoms with van der Waals surface area (Å²) in [5, 5.41) is 0. The lowest BCUT2D eigenvalue weighted by Crippen LogP contribution is -2.31. The van der Waals surface area contributed by atoms with E-state index in [9.17, 15) is 30.8 Å². The highest BCUT2D eigenvalue weighted by Crippen LogP contribution is 2.31. The van der Waals surface area contributed by atoms with Crippen molar-refractivity contribution in [3.05, 3.63) is 131 Å². The Morgan fingerprint density at radius 3 is 2.07 bits per heavy atom. The van der Waals surface area contributed by atoms with Gasteiger partial charge in [0.2, 0.25) is 0 Å². The zero-order valence-corrected chi connectivity index (χ0v) is 25.6. The Morgan fingerprint density at radius 2 is 1.51 bits per heavy atom. The molecule has 6 nitrogen and oxygen atoms in total. The first-order chi connectivity index (χ1) is 21.4. The second kappa shape index (κ2) is 14.7. The minimum absolute atomic E-state index is 0.0423. The summed E-state index contributed by atoms with van der Waals surface area (Å²) in [5.41, 5.74) is 1.15. The monoisotopic (exact) mass is 643 g/mol. The number of benzene rings is 4. The number of nitrogens with zero attached hydrogens (tertiary/aromatic N) is 1. The smallest absolute Gasteiger partial charge is 0.416 e. The van der Waals surface area contributed by atoms with Gasteiger partial charge in [-0.1, -0.05) is 78.9 Å². The molecular weight excluding hydrogens is 610 g/mol. The number of halogens is 4. The van der Waals surface area contributed by atoms with Crippen LogP contribution in [0, 0.1) is 5.82 Å². The number of esters is 1. The van der Waals surface area contributed by atoms with Crippen LogP contribution in [-0.2, 0) is 27.3 Å². The van der Waals surface area contributed by atoms with Gasteiger partial charge in [-0.3, -0.25) is 4.90 Å². The van der Waals surface area contributed by atoms with Crippen molar-refractivity contribution in [2.24, 2.45) is 0 Å². The average Bonchev–Trinajstić information content (AvgIpc) is 3.01. The molecule has 4 aromatic rings. The summed E-state index contributed by atoms with van der Waals surface area (Å²) in [6, 6.07) is 26.8. The predicted molar refractivity (Wildman–Crippen MR) is 162 cm³/mol. The molecule has 0 aliphatic carbocycles. The van der Waals surface area contributed by atoms with E-state index in [0.717, 1.165) is 48.8 Å². The first-order valence-corrected chi connectivity index (χ1v) is 16.0. The van der Waals surface area contributed by atoms with E-state index in [1.165, 1.54) is 6.07 Å². The zero-order chi connectivity index (χ0) is 32.6. The van der Waals surface area contributed by atoms with Gasteiger partial charge >= 0.3 is 12.1 Å². The molecule has 45 heavy (non-hydrogen) atoms. The highest BCUT2D eigenvalue weighted by molar-refractivity contribution is 7.90. The SMILES string of the molecule is COC(=O)c1c(F)cc(OCCCN(Cc2cccc(C(F)(F)F)c2)CC(c2ccccc2)c2ccccc2)cc1S(C)(=O)=O. The highest BCUT2D eigenvalue weighted by Gasteiger charge is 2.30. The van der Waals surface area contributed by atoms with Gasteiger partial charge in [-0.05, 0) is 35.2 Å². The fourth-order valence-electron chi connectivity index (χ4n) is 5.08. The van der Waals surface area contributed by atoms with Crippen molar-refractivity contribution in [3.8, 4) is 5.75 Å². The fraction of sp³-hybridized carbons (Fsp3) is 0.265. The summed E-state index contributed by atoms with van der Waals surface area (Å²) in [7, 11) is -2.98. The summed E-state index contributed by atoms with van der Waals surface area (Å²) in [6.07, 6.45) is -3.25. The fourth-order valence-corrected chi connectivity index (χ4v) is 5.97. The van der Waals surface area contributed by atoms with E-state index in [0.29, 0.717) is 25.1 Å². The molecule has 0 fully saturated rings.